The third-order valence-corrected chi connectivity index (χ3v) is 6.63. The third kappa shape index (κ3) is 6.04. The average Bonchev–Trinajstić information content (AvgIpc) is 3.08. The predicted octanol–water partition coefficient (Wildman–Crippen LogP) is 3.13. The number of piperidine rings is 1. The van der Waals surface area contributed by atoms with Gasteiger partial charge in [-0.2, -0.15) is 0 Å². The third-order valence-electron chi connectivity index (χ3n) is 5.02. The molecule has 1 aromatic heterocycles. The van der Waals surface area contributed by atoms with Crippen molar-refractivity contribution in [3.05, 3.63) is 20.8 Å². The number of rotatable bonds is 7. The van der Waals surface area contributed by atoms with Crippen LogP contribution in [-0.2, 0) is 9.59 Å². The summed E-state index contributed by atoms with van der Waals surface area (Å²) < 4.78 is 0.887. The first-order valence-corrected chi connectivity index (χ1v) is 11.1. The molecule has 150 valence electrons. The molecule has 0 spiro atoms. The Kier molecular flexibility index (Phi) is 8.28. The molecule has 0 unspecified atom stereocenters. The van der Waals surface area contributed by atoms with Crippen molar-refractivity contribution in [2.75, 3.05) is 26.7 Å². The van der Waals surface area contributed by atoms with E-state index in [9.17, 15) is 14.4 Å². The Balaban J connectivity index is 1.77. The van der Waals surface area contributed by atoms with E-state index in [1.807, 2.05) is 24.8 Å². The van der Waals surface area contributed by atoms with Crippen LogP contribution in [0.15, 0.2) is 15.9 Å². The molecule has 0 aliphatic carbocycles. The fraction of sp³-hybridized carbons (Fsp3) is 0.632. The molecule has 1 aromatic rings. The van der Waals surface area contributed by atoms with Gasteiger partial charge in [0.1, 0.15) is 0 Å². The number of nitrogens with one attached hydrogen (secondary N) is 1. The van der Waals surface area contributed by atoms with Crippen molar-refractivity contribution >= 4 is 45.0 Å². The van der Waals surface area contributed by atoms with Crippen LogP contribution in [0.3, 0.4) is 0 Å². The minimum Gasteiger partial charge on any atom is -0.352 e. The highest BCUT2D eigenvalue weighted by molar-refractivity contribution is 9.11. The van der Waals surface area contributed by atoms with Crippen molar-refractivity contribution in [2.45, 2.75) is 45.6 Å². The number of hydrogen-bond donors (Lipinski definition) is 1. The number of hydrogen-bond acceptors (Lipinski definition) is 4. The van der Waals surface area contributed by atoms with Gasteiger partial charge in [0.25, 0.3) is 5.91 Å². The van der Waals surface area contributed by atoms with Gasteiger partial charge in [-0.3, -0.25) is 14.4 Å². The van der Waals surface area contributed by atoms with Crippen LogP contribution in [0.1, 0.15) is 49.2 Å². The van der Waals surface area contributed by atoms with E-state index in [0.29, 0.717) is 18.0 Å². The molecule has 1 N–H and O–H groups in total. The highest BCUT2D eigenvalue weighted by atomic mass is 79.9. The van der Waals surface area contributed by atoms with E-state index in [1.165, 1.54) is 16.2 Å². The molecule has 0 radical (unpaired) electrons. The predicted molar refractivity (Wildman–Crippen MR) is 111 cm³/mol. The summed E-state index contributed by atoms with van der Waals surface area (Å²) in [6.45, 7) is 5.48. The zero-order valence-corrected chi connectivity index (χ0v) is 18.6. The highest BCUT2D eigenvalue weighted by Crippen LogP contribution is 2.23. The van der Waals surface area contributed by atoms with Gasteiger partial charge < -0.3 is 15.1 Å². The summed E-state index contributed by atoms with van der Waals surface area (Å²) in [4.78, 5) is 41.0. The molecule has 6 nitrogen and oxygen atoms in total. The number of thiophene rings is 1. The van der Waals surface area contributed by atoms with E-state index >= 15 is 0 Å². The fourth-order valence-corrected chi connectivity index (χ4v) is 4.70. The van der Waals surface area contributed by atoms with Gasteiger partial charge >= 0.3 is 0 Å². The molecule has 0 atom stereocenters. The maximum Gasteiger partial charge on any atom is 0.264 e. The molecule has 0 aromatic carbocycles. The first-order chi connectivity index (χ1) is 12.8. The highest BCUT2D eigenvalue weighted by Gasteiger charge is 2.27. The second kappa shape index (κ2) is 10.2. The molecule has 3 amide bonds. The van der Waals surface area contributed by atoms with Gasteiger partial charge in [-0.05, 0) is 53.7 Å². The van der Waals surface area contributed by atoms with Crippen LogP contribution in [0, 0.1) is 5.92 Å². The van der Waals surface area contributed by atoms with Crippen molar-refractivity contribution in [1.29, 1.82) is 0 Å². The van der Waals surface area contributed by atoms with Crippen LogP contribution in [0.2, 0.25) is 0 Å². The SMILES string of the molecule is CCC(CC)C(=O)N1CCC(NC(=O)CN(C)C(=O)c2ccc(Br)s2)CC1. The summed E-state index contributed by atoms with van der Waals surface area (Å²) >= 11 is 4.69. The number of halogens is 1. The second-order valence-corrected chi connectivity index (χ2v) is 9.41. The lowest BCUT2D eigenvalue weighted by Crippen LogP contribution is -2.49. The van der Waals surface area contributed by atoms with Crippen LogP contribution < -0.4 is 5.32 Å². The summed E-state index contributed by atoms with van der Waals surface area (Å²) in [6, 6.07) is 3.63. The van der Waals surface area contributed by atoms with E-state index in [-0.39, 0.29) is 36.2 Å². The molecule has 1 aliphatic rings. The number of carbonyl (C=O) groups is 3. The summed E-state index contributed by atoms with van der Waals surface area (Å²) in [5, 5.41) is 3.00. The van der Waals surface area contributed by atoms with Gasteiger partial charge in [0.15, 0.2) is 0 Å². The van der Waals surface area contributed by atoms with E-state index in [0.717, 1.165) is 29.5 Å². The molecule has 1 fully saturated rings. The van der Waals surface area contributed by atoms with E-state index in [4.69, 9.17) is 0 Å². The first kappa shape index (κ1) is 21.9. The molecular formula is C19H28BrN3O3S. The van der Waals surface area contributed by atoms with E-state index < -0.39 is 0 Å². The topological polar surface area (TPSA) is 69.7 Å². The normalized spacial score (nSPS) is 15.1. The number of likely N-dealkylation sites (tertiary alicyclic amines) is 1. The van der Waals surface area contributed by atoms with Crippen molar-refractivity contribution in [3.8, 4) is 0 Å². The van der Waals surface area contributed by atoms with E-state index in [2.05, 4.69) is 21.2 Å². The fourth-order valence-electron chi connectivity index (χ4n) is 3.32. The summed E-state index contributed by atoms with van der Waals surface area (Å²) in [7, 11) is 1.63. The summed E-state index contributed by atoms with van der Waals surface area (Å²) in [5.74, 6) is 0.0167. The van der Waals surface area contributed by atoms with Crippen LogP contribution >= 0.6 is 27.3 Å². The van der Waals surface area contributed by atoms with Gasteiger partial charge in [-0.25, -0.2) is 0 Å². The van der Waals surface area contributed by atoms with Gasteiger partial charge in [0, 0.05) is 32.1 Å². The lowest BCUT2D eigenvalue weighted by atomic mass is 9.98. The Labute approximate surface area is 173 Å². The Morgan fingerprint density at radius 2 is 1.89 bits per heavy atom. The summed E-state index contributed by atoms with van der Waals surface area (Å²) in [6.07, 6.45) is 3.25. The number of likely N-dealkylation sites (N-methyl/N-ethyl adjacent to an activating group) is 1. The Hall–Kier alpha value is -1.41. The smallest absolute Gasteiger partial charge is 0.264 e. The monoisotopic (exact) mass is 457 g/mol. The molecule has 2 rings (SSSR count). The van der Waals surface area contributed by atoms with Crippen LogP contribution in [-0.4, -0.2) is 60.2 Å². The quantitative estimate of drug-likeness (QED) is 0.683. The standard InChI is InChI=1S/C19H28BrN3O3S/c1-4-13(5-2)18(25)23-10-8-14(9-11-23)21-17(24)12-22(3)19(26)15-6-7-16(20)27-15/h6-7,13-14H,4-5,8-12H2,1-3H3,(H,21,24). The molecule has 1 aliphatic heterocycles. The van der Waals surface area contributed by atoms with Crippen LogP contribution in [0.4, 0.5) is 0 Å². The van der Waals surface area contributed by atoms with Gasteiger partial charge in [0.2, 0.25) is 11.8 Å². The largest absolute Gasteiger partial charge is 0.352 e. The van der Waals surface area contributed by atoms with Crippen molar-refractivity contribution < 1.29 is 14.4 Å². The van der Waals surface area contributed by atoms with Gasteiger partial charge in [-0.15, -0.1) is 11.3 Å². The molecule has 27 heavy (non-hydrogen) atoms. The minimum atomic E-state index is -0.161. The number of amides is 3. The first-order valence-electron chi connectivity index (χ1n) is 9.44. The molecule has 8 heteroatoms. The van der Waals surface area contributed by atoms with E-state index in [1.54, 1.807) is 13.1 Å². The molecular weight excluding hydrogens is 430 g/mol. The zero-order chi connectivity index (χ0) is 20.0. The molecule has 0 bridgehead atoms. The van der Waals surface area contributed by atoms with Gasteiger partial charge in [0.05, 0.1) is 15.2 Å². The van der Waals surface area contributed by atoms with Gasteiger partial charge in [-0.1, -0.05) is 13.8 Å². The zero-order valence-electron chi connectivity index (χ0n) is 16.2. The molecule has 0 saturated carbocycles. The molecule has 2 heterocycles. The van der Waals surface area contributed by atoms with Crippen molar-refractivity contribution in [3.63, 3.8) is 0 Å². The lowest BCUT2D eigenvalue weighted by Gasteiger charge is -2.34. The van der Waals surface area contributed by atoms with Crippen LogP contribution in [0.5, 0.6) is 0 Å². The summed E-state index contributed by atoms with van der Waals surface area (Å²) in [5.41, 5.74) is 0. The number of nitrogens with zero attached hydrogens (tertiary/aromatic N) is 2. The Morgan fingerprint density at radius 1 is 1.26 bits per heavy atom. The Morgan fingerprint density at radius 3 is 2.41 bits per heavy atom. The maximum atomic E-state index is 12.4. The average molecular weight is 458 g/mol. The van der Waals surface area contributed by atoms with Crippen molar-refractivity contribution in [1.82, 2.24) is 15.1 Å². The second-order valence-electron chi connectivity index (χ2n) is 6.95. The number of carbonyl (C=O) groups excluding carboxylic acids is 3. The minimum absolute atomic E-state index is 0.0290. The van der Waals surface area contributed by atoms with Crippen LogP contribution in [0.25, 0.3) is 0 Å². The lowest BCUT2D eigenvalue weighted by molar-refractivity contribution is -0.137. The molecule has 1 saturated heterocycles. The maximum absolute atomic E-state index is 12.4. The Bertz CT molecular complexity index is 667. The van der Waals surface area contributed by atoms with Crippen molar-refractivity contribution in [2.24, 2.45) is 5.92 Å².